The van der Waals surface area contributed by atoms with Crippen LogP contribution in [0.15, 0.2) is 30.3 Å². The lowest BCUT2D eigenvalue weighted by atomic mass is 10.2. The monoisotopic (exact) mass is 245 g/mol. The second kappa shape index (κ2) is 4.72. The standard InChI is InChI=1S/C14H15NOS/c1-9-10(2)14(17-11(9)3)15-13(16)12-7-5-4-6-8-12/h4-8H,1-3H3,(H,15,16). The Kier molecular flexibility index (Phi) is 3.29. The number of benzene rings is 1. The van der Waals surface area contributed by atoms with Gasteiger partial charge in [0.15, 0.2) is 0 Å². The van der Waals surface area contributed by atoms with E-state index in [0.29, 0.717) is 5.56 Å². The van der Waals surface area contributed by atoms with E-state index in [0.717, 1.165) is 10.6 Å². The second-order valence-electron chi connectivity index (χ2n) is 4.06. The van der Waals surface area contributed by atoms with Crippen molar-refractivity contribution < 1.29 is 4.79 Å². The molecule has 2 rings (SSSR count). The molecule has 0 unspecified atom stereocenters. The molecule has 1 N–H and O–H groups in total. The fourth-order valence-electron chi connectivity index (χ4n) is 1.62. The van der Waals surface area contributed by atoms with Crippen LogP contribution in [0.2, 0.25) is 0 Å². The number of carbonyl (C=O) groups excluding carboxylic acids is 1. The number of hydrogen-bond donors (Lipinski definition) is 1. The number of anilines is 1. The summed E-state index contributed by atoms with van der Waals surface area (Å²) in [5, 5.41) is 3.92. The first-order chi connectivity index (χ1) is 8.09. The van der Waals surface area contributed by atoms with Crippen LogP contribution in [0.4, 0.5) is 5.00 Å². The first-order valence-corrected chi connectivity index (χ1v) is 6.34. The van der Waals surface area contributed by atoms with Crippen LogP contribution in [-0.2, 0) is 0 Å². The van der Waals surface area contributed by atoms with Gasteiger partial charge in [-0.05, 0) is 44.0 Å². The molecule has 1 amide bonds. The Bertz CT molecular complexity index is 543. The maximum absolute atomic E-state index is 12.0. The third-order valence-corrected chi connectivity index (χ3v) is 4.17. The fourth-order valence-corrected chi connectivity index (χ4v) is 2.69. The van der Waals surface area contributed by atoms with Gasteiger partial charge in [-0.1, -0.05) is 18.2 Å². The molecule has 0 fully saturated rings. The molecule has 1 aromatic heterocycles. The summed E-state index contributed by atoms with van der Waals surface area (Å²) in [6.45, 7) is 6.20. The van der Waals surface area contributed by atoms with Crippen LogP contribution in [0.3, 0.4) is 0 Å². The first kappa shape index (κ1) is 11.9. The maximum atomic E-state index is 12.0. The van der Waals surface area contributed by atoms with Gasteiger partial charge in [0.05, 0.1) is 5.00 Å². The van der Waals surface area contributed by atoms with Gasteiger partial charge in [-0.3, -0.25) is 4.79 Å². The van der Waals surface area contributed by atoms with E-state index < -0.39 is 0 Å². The third-order valence-electron chi connectivity index (χ3n) is 2.95. The molecular weight excluding hydrogens is 230 g/mol. The minimum absolute atomic E-state index is 0.0463. The van der Waals surface area contributed by atoms with Crippen molar-refractivity contribution in [1.82, 2.24) is 0 Å². The van der Waals surface area contributed by atoms with Crippen molar-refractivity contribution >= 4 is 22.2 Å². The highest BCUT2D eigenvalue weighted by molar-refractivity contribution is 7.16. The van der Waals surface area contributed by atoms with Crippen LogP contribution >= 0.6 is 11.3 Å². The van der Waals surface area contributed by atoms with Gasteiger partial charge in [0, 0.05) is 10.4 Å². The molecule has 2 aromatic rings. The predicted octanol–water partition coefficient (Wildman–Crippen LogP) is 3.93. The summed E-state index contributed by atoms with van der Waals surface area (Å²) in [7, 11) is 0. The average molecular weight is 245 g/mol. The molecule has 1 heterocycles. The first-order valence-electron chi connectivity index (χ1n) is 5.52. The minimum Gasteiger partial charge on any atom is -0.313 e. The Labute approximate surface area is 105 Å². The van der Waals surface area contributed by atoms with Crippen molar-refractivity contribution in [3.05, 3.63) is 51.9 Å². The SMILES string of the molecule is Cc1sc(NC(=O)c2ccccc2)c(C)c1C. The molecule has 0 aliphatic carbocycles. The molecule has 17 heavy (non-hydrogen) atoms. The largest absolute Gasteiger partial charge is 0.313 e. The Hall–Kier alpha value is -1.61. The quantitative estimate of drug-likeness (QED) is 0.853. The van der Waals surface area contributed by atoms with Gasteiger partial charge in [0.2, 0.25) is 0 Å². The molecule has 0 aliphatic heterocycles. The lowest BCUT2D eigenvalue weighted by molar-refractivity contribution is 0.102. The molecule has 0 saturated carbocycles. The summed E-state index contributed by atoms with van der Waals surface area (Å²) < 4.78 is 0. The van der Waals surface area contributed by atoms with E-state index in [4.69, 9.17) is 0 Å². The van der Waals surface area contributed by atoms with Crippen molar-refractivity contribution in [3.8, 4) is 0 Å². The van der Waals surface area contributed by atoms with Gasteiger partial charge in [-0.25, -0.2) is 0 Å². The number of rotatable bonds is 2. The number of amides is 1. The van der Waals surface area contributed by atoms with Crippen LogP contribution in [0, 0.1) is 20.8 Å². The average Bonchev–Trinajstić information content (AvgIpc) is 2.58. The molecule has 0 aliphatic rings. The van der Waals surface area contributed by atoms with Crippen LogP contribution in [0.25, 0.3) is 0 Å². The molecule has 0 radical (unpaired) electrons. The zero-order valence-electron chi connectivity index (χ0n) is 10.2. The highest BCUT2D eigenvalue weighted by atomic mass is 32.1. The van der Waals surface area contributed by atoms with E-state index >= 15 is 0 Å². The van der Waals surface area contributed by atoms with Gasteiger partial charge < -0.3 is 5.32 Å². The second-order valence-corrected chi connectivity index (χ2v) is 5.28. The van der Waals surface area contributed by atoms with Crippen molar-refractivity contribution in [3.63, 3.8) is 0 Å². The molecule has 0 bridgehead atoms. The number of nitrogens with one attached hydrogen (secondary N) is 1. The zero-order chi connectivity index (χ0) is 12.4. The summed E-state index contributed by atoms with van der Waals surface area (Å²) in [5.41, 5.74) is 3.12. The fraction of sp³-hybridized carbons (Fsp3) is 0.214. The van der Waals surface area contributed by atoms with Gasteiger partial charge in [-0.2, -0.15) is 0 Å². The molecule has 2 nitrogen and oxygen atoms in total. The van der Waals surface area contributed by atoms with Crippen LogP contribution < -0.4 is 5.32 Å². The third kappa shape index (κ3) is 2.39. The molecule has 0 saturated heterocycles. The maximum Gasteiger partial charge on any atom is 0.256 e. The number of hydrogen-bond acceptors (Lipinski definition) is 2. The zero-order valence-corrected chi connectivity index (χ0v) is 11.0. The van der Waals surface area contributed by atoms with Crippen molar-refractivity contribution in [2.75, 3.05) is 5.32 Å². The van der Waals surface area contributed by atoms with Crippen molar-refractivity contribution in [2.24, 2.45) is 0 Å². The Morgan fingerprint density at radius 2 is 1.71 bits per heavy atom. The summed E-state index contributed by atoms with van der Waals surface area (Å²) >= 11 is 1.63. The summed E-state index contributed by atoms with van der Waals surface area (Å²) in [5.74, 6) is -0.0463. The summed E-state index contributed by atoms with van der Waals surface area (Å²) in [4.78, 5) is 13.2. The molecule has 0 atom stereocenters. The van der Waals surface area contributed by atoms with Crippen molar-refractivity contribution in [2.45, 2.75) is 20.8 Å². The van der Waals surface area contributed by atoms with Crippen molar-refractivity contribution in [1.29, 1.82) is 0 Å². The molecule has 3 heteroatoms. The summed E-state index contributed by atoms with van der Waals surface area (Å²) in [6.07, 6.45) is 0. The number of thiophene rings is 1. The number of aryl methyl sites for hydroxylation is 1. The van der Waals surface area contributed by atoms with Gasteiger partial charge in [-0.15, -0.1) is 11.3 Å². The Morgan fingerprint density at radius 1 is 1.06 bits per heavy atom. The van der Waals surface area contributed by atoms with E-state index in [2.05, 4.69) is 19.2 Å². The lowest BCUT2D eigenvalue weighted by Gasteiger charge is -2.03. The Morgan fingerprint density at radius 3 is 2.24 bits per heavy atom. The summed E-state index contributed by atoms with van der Waals surface area (Å²) in [6, 6.07) is 9.27. The normalized spacial score (nSPS) is 10.3. The highest BCUT2D eigenvalue weighted by Gasteiger charge is 2.12. The lowest BCUT2D eigenvalue weighted by Crippen LogP contribution is -2.11. The molecule has 1 aromatic carbocycles. The smallest absolute Gasteiger partial charge is 0.256 e. The van der Waals surface area contributed by atoms with Crippen LogP contribution in [0.5, 0.6) is 0 Å². The topological polar surface area (TPSA) is 29.1 Å². The van der Waals surface area contributed by atoms with Gasteiger partial charge >= 0.3 is 0 Å². The van der Waals surface area contributed by atoms with E-state index in [9.17, 15) is 4.79 Å². The minimum atomic E-state index is -0.0463. The van der Waals surface area contributed by atoms with Gasteiger partial charge in [0.25, 0.3) is 5.91 Å². The van der Waals surface area contributed by atoms with Crippen LogP contribution in [-0.4, -0.2) is 5.91 Å². The molecule has 0 spiro atoms. The predicted molar refractivity (Wildman–Crippen MR) is 72.9 cm³/mol. The van der Waals surface area contributed by atoms with Gasteiger partial charge in [0.1, 0.15) is 0 Å². The Balaban J connectivity index is 2.22. The molecular formula is C14H15NOS. The molecule has 88 valence electrons. The van der Waals surface area contributed by atoms with E-state index in [1.54, 1.807) is 11.3 Å². The van der Waals surface area contributed by atoms with E-state index in [1.165, 1.54) is 10.4 Å². The van der Waals surface area contributed by atoms with E-state index in [1.807, 2.05) is 37.3 Å². The highest BCUT2D eigenvalue weighted by Crippen LogP contribution is 2.31. The number of carbonyl (C=O) groups is 1. The van der Waals surface area contributed by atoms with Crippen LogP contribution in [0.1, 0.15) is 26.4 Å². The van der Waals surface area contributed by atoms with E-state index in [-0.39, 0.29) is 5.91 Å².